The van der Waals surface area contributed by atoms with Crippen LogP contribution in [-0.4, -0.2) is 36.1 Å². The van der Waals surface area contributed by atoms with Crippen molar-refractivity contribution < 1.29 is 42.1 Å². The molecule has 0 bridgehead atoms. The summed E-state index contributed by atoms with van der Waals surface area (Å²) < 4.78 is 50.6. The van der Waals surface area contributed by atoms with Gasteiger partial charge >= 0.3 is 12.3 Å². The van der Waals surface area contributed by atoms with Crippen LogP contribution in [0.25, 0.3) is 0 Å². The number of amides is 1. The van der Waals surface area contributed by atoms with Crippen LogP contribution in [0.2, 0.25) is 0 Å². The highest BCUT2D eigenvalue weighted by molar-refractivity contribution is 5.75. The molecule has 0 aromatic heterocycles. The molecule has 0 saturated heterocycles. The van der Waals surface area contributed by atoms with Gasteiger partial charge in [0.1, 0.15) is 17.2 Å². The van der Waals surface area contributed by atoms with E-state index in [1.165, 1.54) is 12.1 Å². The van der Waals surface area contributed by atoms with Gasteiger partial charge in [0, 0.05) is 6.42 Å². The van der Waals surface area contributed by atoms with E-state index in [1.54, 1.807) is 24.3 Å². The van der Waals surface area contributed by atoms with Crippen molar-refractivity contribution in [1.82, 2.24) is 0 Å². The molecule has 0 spiro atoms. The van der Waals surface area contributed by atoms with Gasteiger partial charge in [-0.25, -0.2) is 4.79 Å². The molecule has 28 heavy (non-hydrogen) atoms. The molecule has 0 aliphatic carbocycles. The van der Waals surface area contributed by atoms with E-state index in [-0.39, 0.29) is 18.8 Å². The summed E-state index contributed by atoms with van der Waals surface area (Å²) in [5, 5.41) is 9.33. The maximum Gasteiger partial charge on any atom is 0.573 e. The fourth-order valence-corrected chi connectivity index (χ4v) is 2.15. The third-order valence-corrected chi connectivity index (χ3v) is 3.34. The molecule has 10 heteroatoms. The summed E-state index contributed by atoms with van der Waals surface area (Å²) in [4.78, 5) is 22.1. The van der Waals surface area contributed by atoms with Crippen LogP contribution < -0.4 is 19.9 Å². The molecule has 2 rings (SSSR count). The molecule has 0 heterocycles. The number of rotatable bonds is 9. The lowest BCUT2D eigenvalue weighted by Gasteiger charge is -2.16. The van der Waals surface area contributed by atoms with Gasteiger partial charge in [-0.2, -0.15) is 0 Å². The Morgan fingerprint density at radius 1 is 0.964 bits per heavy atom. The van der Waals surface area contributed by atoms with E-state index in [0.717, 1.165) is 12.1 Å². The Morgan fingerprint density at radius 3 is 2.00 bits per heavy atom. The average Bonchev–Trinajstić information content (AvgIpc) is 2.60. The Balaban J connectivity index is 1.99. The number of nitrogens with two attached hydrogens (primary N) is 1. The molecular formula is C18H16F3NO6. The number of carboxylic acid groups (broad SMARTS) is 1. The largest absolute Gasteiger partial charge is 0.573 e. The van der Waals surface area contributed by atoms with E-state index in [4.69, 9.17) is 15.2 Å². The summed E-state index contributed by atoms with van der Waals surface area (Å²) in [5.74, 6) is -1.86. The normalized spacial score (nSPS) is 12.1. The molecular weight excluding hydrogens is 383 g/mol. The zero-order chi connectivity index (χ0) is 20.7. The number of carboxylic acids is 1. The van der Waals surface area contributed by atoms with E-state index in [0.29, 0.717) is 11.3 Å². The lowest BCUT2D eigenvalue weighted by molar-refractivity contribution is -0.274. The highest BCUT2D eigenvalue weighted by Crippen LogP contribution is 2.25. The number of aliphatic carboxylic acids is 1. The number of ether oxygens (including phenoxy) is 3. The zero-order valence-corrected chi connectivity index (χ0v) is 14.3. The second-order valence-electron chi connectivity index (χ2n) is 5.57. The molecule has 150 valence electrons. The zero-order valence-electron chi connectivity index (χ0n) is 14.3. The van der Waals surface area contributed by atoms with E-state index in [2.05, 4.69) is 4.74 Å². The van der Waals surface area contributed by atoms with Crippen LogP contribution in [0.3, 0.4) is 0 Å². The summed E-state index contributed by atoms with van der Waals surface area (Å²) in [6.07, 6.45) is -6.10. The smallest absolute Gasteiger partial charge is 0.484 e. The summed E-state index contributed by atoms with van der Waals surface area (Å²) in [5.41, 5.74) is 5.58. The predicted octanol–water partition coefficient (Wildman–Crippen LogP) is 2.52. The Bertz CT molecular complexity index is 806. The van der Waals surface area contributed by atoms with Gasteiger partial charge in [0.2, 0.25) is 0 Å². The first-order chi connectivity index (χ1) is 13.1. The third kappa shape index (κ3) is 7.06. The predicted molar refractivity (Wildman–Crippen MR) is 90.0 cm³/mol. The van der Waals surface area contributed by atoms with Gasteiger partial charge in [-0.3, -0.25) is 4.79 Å². The molecule has 0 aliphatic rings. The molecule has 1 atom stereocenters. The van der Waals surface area contributed by atoms with E-state index >= 15 is 0 Å². The molecule has 0 fully saturated rings. The topological polar surface area (TPSA) is 108 Å². The van der Waals surface area contributed by atoms with Crippen molar-refractivity contribution in [3.63, 3.8) is 0 Å². The lowest BCUT2D eigenvalue weighted by atomic mass is 10.1. The first kappa shape index (κ1) is 20.9. The number of carbonyl (C=O) groups excluding carboxylic acids is 1. The molecule has 2 aromatic rings. The first-order valence-corrected chi connectivity index (χ1v) is 7.88. The summed E-state index contributed by atoms with van der Waals surface area (Å²) in [7, 11) is 0. The SMILES string of the molecule is NC(=O)COc1ccc(CC(Oc2ccc(OC(F)(F)F)cc2)C(=O)O)cc1. The van der Waals surface area contributed by atoms with Crippen molar-refractivity contribution in [3.05, 3.63) is 54.1 Å². The Hall–Kier alpha value is -3.43. The van der Waals surface area contributed by atoms with Gasteiger partial charge < -0.3 is 25.1 Å². The Kier molecular flexibility index (Phi) is 6.69. The molecule has 0 aliphatic heterocycles. The second kappa shape index (κ2) is 8.98. The van der Waals surface area contributed by atoms with Crippen molar-refractivity contribution in [1.29, 1.82) is 0 Å². The molecule has 3 N–H and O–H groups in total. The van der Waals surface area contributed by atoms with Crippen molar-refractivity contribution in [2.45, 2.75) is 18.9 Å². The monoisotopic (exact) mass is 399 g/mol. The van der Waals surface area contributed by atoms with Crippen LogP contribution in [0.5, 0.6) is 17.2 Å². The van der Waals surface area contributed by atoms with Crippen LogP contribution in [0.4, 0.5) is 13.2 Å². The number of alkyl halides is 3. The minimum absolute atomic E-state index is 0.00770. The van der Waals surface area contributed by atoms with Crippen LogP contribution in [-0.2, 0) is 16.0 Å². The second-order valence-corrected chi connectivity index (χ2v) is 5.57. The highest BCUT2D eigenvalue weighted by Gasteiger charge is 2.31. The number of hydrogen-bond acceptors (Lipinski definition) is 5. The number of benzene rings is 2. The maximum absolute atomic E-state index is 12.2. The van der Waals surface area contributed by atoms with Crippen molar-refractivity contribution in [2.24, 2.45) is 5.73 Å². The molecule has 0 saturated carbocycles. The number of carbonyl (C=O) groups is 2. The highest BCUT2D eigenvalue weighted by atomic mass is 19.4. The van der Waals surface area contributed by atoms with Gasteiger partial charge in [0.15, 0.2) is 12.7 Å². The van der Waals surface area contributed by atoms with Crippen molar-refractivity contribution in [3.8, 4) is 17.2 Å². The molecule has 0 radical (unpaired) electrons. The van der Waals surface area contributed by atoms with E-state index in [9.17, 15) is 27.9 Å². The standard InChI is InChI=1S/C18H16F3NO6/c19-18(20,21)28-14-7-5-13(6-8-14)27-15(17(24)25)9-11-1-3-12(4-2-11)26-10-16(22)23/h1-8,15H,9-10H2,(H2,22,23)(H,24,25). The Morgan fingerprint density at radius 2 is 1.50 bits per heavy atom. The first-order valence-electron chi connectivity index (χ1n) is 7.88. The number of halogens is 3. The van der Waals surface area contributed by atoms with Gasteiger partial charge in [-0.05, 0) is 42.0 Å². The summed E-state index contributed by atoms with van der Waals surface area (Å²) in [6, 6.07) is 10.7. The molecule has 1 unspecified atom stereocenters. The number of primary amides is 1. The van der Waals surface area contributed by atoms with E-state index in [1.807, 2.05) is 0 Å². The number of hydrogen-bond donors (Lipinski definition) is 2. The van der Waals surface area contributed by atoms with Gasteiger partial charge in [-0.15, -0.1) is 13.2 Å². The van der Waals surface area contributed by atoms with Crippen molar-refractivity contribution >= 4 is 11.9 Å². The minimum Gasteiger partial charge on any atom is -0.484 e. The summed E-state index contributed by atoms with van der Waals surface area (Å²) >= 11 is 0. The van der Waals surface area contributed by atoms with E-state index < -0.39 is 30.1 Å². The molecule has 1 amide bonds. The van der Waals surface area contributed by atoms with Crippen LogP contribution in [0.1, 0.15) is 5.56 Å². The summed E-state index contributed by atoms with van der Waals surface area (Å²) in [6.45, 7) is -0.283. The quantitative estimate of drug-likeness (QED) is 0.671. The fraction of sp³-hybridized carbons (Fsp3) is 0.222. The fourth-order valence-electron chi connectivity index (χ4n) is 2.15. The van der Waals surface area contributed by atoms with Gasteiger partial charge in [0.25, 0.3) is 5.91 Å². The Labute approximate surface area is 157 Å². The third-order valence-electron chi connectivity index (χ3n) is 3.34. The van der Waals surface area contributed by atoms with Crippen LogP contribution in [0, 0.1) is 0 Å². The molecule has 7 nitrogen and oxygen atoms in total. The minimum atomic E-state index is -4.82. The van der Waals surface area contributed by atoms with Gasteiger partial charge in [0.05, 0.1) is 0 Å². The molecule has 2 aromatic carbocycles. The maximum atomic E-state index is 12.2. The van der Waals surface area contributed by atoms with Crippen LogP contribution >= 0.6 is 0 Å². The average molecular weight is 399 g/mol. The van der Waals surface area contributed by atoms with Crippen LogP contribution in [0.15, 0.2) is 48.5 Å². The van der Waals surface area contributed by atoms with Gasteiger partial charge in [-0.1, -0.05) is 12.1 Å². The van der Waals surface area contributed by atoms with Crippen molar-refractivity contribution in [2.75, 3.05) is 6.61 Å². The lowest BCUT2D eigenvalue weighted by Crippen LogP contribution is -2.29.